The van der Waals surface area contributed by atoms with Gasteiger partial charge in [-0.1, -0.05) is 13.3 Å². The maximum atomic E-state index is 4.25. The summed E-state index contributed by atoms with van der Waals surface area (Å²) in [6, 6.07) is 0.883. The number of likely N-dealkylation sites (tertiary alicyclic amines) is 1. The summed E-state index contributed by atoms with van der Waals surface area (Å²) in [5.74, 6) is 1.05. The van der Waals surface area contributed by atoms with E-state index < -0.39 is 0 Å². The van der Waals surface area contributed by atoms with E-state index in [1.165, 1.54) is 51.6 Å². The SMILES string of the molecule is CCC1CCCCN1CCCCS. The Hall–Kier alpha value is 0.310. The van der Waals surface area contributed by atoms with Crippen molar-refractivity contribution in [2.75, 3.05) is 18.8 Å². The number of thiol groups is 1. The number of piperidine rings is 1. The fourth-order valence-electron chi connectivity index (χ4n) is 2.24. The molecule has 1 aliphatic rings. The standard InChI is InChI=1S/C11H23NS/c1-2-11-7-3-4-8-12(11)9-5-6-10-13/h11,13H,2-10H2,1H3. The summed E-state index contributed by atoms with van der Waals surface area (Å²) < 4.78 is 0. The van der Waals surface area contributed by atoms with Crippen molar-refractivity contribution in [1.29, 1.82) is 0 Å². The van der Waals surface area contributed by atoms with E-state index in [4.69, 9.17) is 0 Å². The minimum Gasteiger partial charge on any atom is -0.300 e. The van der Waals surface area contributed by atoms with E-state index in [-0.39, 0.29) is 0 Å². The topological polar surface area (TPSA) is 3.24 Å². The molecule has 0 saturated carbocycles. The van der Waals surface area contributed by atoms with Crippen LogP contribution in [0.25, 0.3) is 0 Å². The van der Waals surface area contributed by atoms with Crippen LogP contribution in [-0.2, 0) is 0 Å². The third-order valence-corrected chi connectivity index (χ3v) is 3.39. The maximum absolute atomic E-state index is 4.25. The highest BCUT2D eigenvalue weighted by Crippen LogP contribution is 2.19. The second-order valence-corrected chi connectivity index (χ2v) is 4.47. The number of hydrogen-bond donors (Lipinski definition) is 1. The summed E-state index contributed by atoms with van der Waals surface area (Å²) in [5.41, 5.74) is 0. The van der Waals surface area contributed by atoms with Crippen LogP contribution in [0.15, 0.2) is 0 Å². The fraction of sp³-hybridized carbons (Fsp3) is 1.00. The molecule has 1 aliphatic heterocycles. The summed E-state index contributed by atoms with van der Waals surface area (Å²) in [6.45, 7) is 4.96. The summed E-state index contributed by atoms with van der Waals surface area (Å²) >= 11 is 4.25. The van der Waals surface area contributed by atoms with Crippen molar-refractivity contribution in [3.63, 3.8) is 0 Å². The van der Waals surface area contributed by atoms with Crippen molar-refractivity contribution in [3.8, 4) is 0 Å². The van der Waals surface area contributed by atoms with Gasteiger partial charge in [-0.3, -0.25) is 0 Å². The maximum Gasteiger partial charge on any atom is 0.00926 e. The van der Waals surface area contributed by atoms with Gasteiger partial charge >= 0.3 is 0 Å². The molecule has 2 heteroatoms. The summed E-state index contributed by atoms with van der Waals surface area (Å²) in [6.07, 6.45) is 8.23. The first kappa shape index (κ1) is 11.4. The zero-order valence-corrected chi connectivity index (χ0v) is 9.73. The van der Waals surface area contributed by atoms with E-state index in [1.54, 1.807) is 0 Å². The van der Waals surface area contributed by atoms with Crippen molar-refractivity contribution >= 4 is 12.6 Å². The van der Waals surface area contributed by atoms with E-state index in [2.05, 4.69) is 24.5 Å². The van der Waals surface area contributed by atoms with Crippen LogP contribution in [-0.4, -0.2) is 29.8 Å². The molecule has 0 bridgehead atoms. The van der Waals surface area contributed by atoms with Gasteiger partial charge in [0.15, 0.2) is 0 Å². The molecular weight excluding hydrogens is 178 g/mol. The first-order chi connectivity index (χ1) is 6.38. The zero-order valence-electron chi connectivity index (χ0n) is 8.84. The number of nitrogens with zero attached hydrogens (tertiary/aromatic N) is 1. The lowest BCUT2D eigenvalue weighted by atomic mass is 10.00. The van der Waals surface area contributed by atoms with E-state index in [0.29, 0.717) is 0 Å². The van der Waals surface area contributed by atoms with Gasteiger partial charge in [0.2, 0.25) is 0 Å². The molecule has 0 aromatic heterocycles. The third-order valence-electron chi connectivity index (χ3n) is 3.07. The molecular formula is C11H23NS. The lowest BCUT2D eigenvalue weighted by Crippen LogP contribution is -2.39. The van der Waals surface area contributed by atoms with Crippen LogP contribution in [0.2, 0.25) is 0 Å². The van der Waals surface area contributed by atoms with Crippen LogP contribution in [0, 0.1) is 0 Å². The highest BCUT2D eigenvalue weighted by molar-refractivity contribution is 7.80. The highest BCUT2D eigenvalue weighted by Gasteiger charge is 2.19. The average Bonchev–Trinajstić information content (AvgIpc) is 2.19. The van der Waals surface area contributed by atoms with E-state index in [1.807, 2.05) is 0 Å². The molecule has 1 rings (SSSR count). The Bertz CT molecular complexity index is 127. The van der Waals surface area contributed by atoms with Crippen LogP contribution in [0.4, 0.5) is 0 Å². The molecule has 78 valence electrons. The van der Waals surface area contributed by atoms with Crippen molar-refractivity contribution in [1.82, 2.24) is 4.90 Å². The smallest absolute Gasteiger partial charge is 0.00926 e. The van der Waals surface area contributed by atoms with Crippen LogP contribution < -0.4 is 0 Å². The predicted octanol–water partition coefficient (Wildman–Crippen LogP) is 2.96. The Balaban J connectivity index is 2.19. The molecule has 1 unspecified atom stereocenters. The van der Waals surface area contributed by atoms with Gasteiger partial charge < -0.3 is 4.90 Å². The minimum atomic E-state index is 0.883. The van der Waals surface area contributed by atoms with Crippen LogP contribution in [0.5, 0.6) is 0 Å². The first-order valence-electron chi connectivity index (χ1n) is 5.73. The van der Waals surface area contributed by atoms with Gasteiger partial charge in [-0.05, 0) is 50.9 Å². The van der Waals surface area contributed by atoms with Gasteiger partial charge in [0.1, 0.15) is 0 Å². The Morgan fingerprint density at radius 1 is 1.31 bits per heavy atom. The monoisotopic (exact) mass is 201 g/mol. The lowest BCUT2D eigenvalue weighted by Gasteiger charge is -2.35. The minimum absolute atomic E-state index is 0.883. The molecule has 0 spiro atoms. The summed E-state index contributed by atoms with van der Waals surface area (Å²) in [4.78, 5) is 2.69. The molecule has 13 heavy (non-hydrogen) atoms. The van der Waals surface area contributed by atoms with Crippen molar-refractivity contribution in [2.45, 2.75) is 51.5 Å². The van der Waals surface area contributed by atoms with Gasteiger partial charge in [0, 0.05) is 6.04 Å². The zero-order chi connectivity index (χ0) is 9.52. The van der Waals surface area contributed by atoms with Crippen LogP contribution in [0.1, 0.15) is 45.4 Å². The average molecular weight is 201 g/mol. The molecule has 0 radical (unpaired) electrons. The van der Waals surface area contributed by atoms with E-state index >= 15 is 0 Å². The molecule has 0 aromatic rings. The number of hydrogen-bond acceptors (Lipinski definition) is 2. The largest absolute Gasteiger partial charge is 0.300 e. The van der Waals surface area contributed by atoms with Gasteiger partial charge in [0.05, 0.1) is 0 Å². The molecule has 0 amide bonds. The summed E-state index contributed by atoms with van der Waals surface area (Å²) in [5, 5.41) is 0. The van der Waals surface area contributed by atoms with Gasteiger partial charge in [-0.15, -0.1) is 0 Å². The second-order valence-electron chi connectivity index (χ2n) is 4.02. The van der Waals surface area contributed by atoms with Crippen molar-refractivity contribution < 1.29 is 0 Å². The highest BCUT2D eigenvalue weighted by atomic mass is 32.1. The van der Waals surface area contributed by atoms with Gasteiger partial charge in [-0.25, -0.2) is 0 Å². The van der Waals surface area contributed by atoms with Crippen LogP contribution in [0.3, 0.4) is 0 Å². The third kappa shape index (κ3) is 3.90. The van der Waals surface area contributed by atoms with Crippen molar-refractivity contribution in [2.24, 2.45) is 0 Å². The summed E-state index contributed by atoms with van der Waals surface area (Å²) in [7, 11) is 0. The lowest BCUT2D eigenvalue weighted by molar-refractivity contribution is 0.142. The molecule has 1 atom stereocenters. The Labute approximate surface area is 88.3 Å². The molecule has 1 fully saturated rings. The molecule has 0 aromatic carbocycles. The molecule has 1 nitrogen and oxygen atoms in total. The Kier molecular flexibility index (Phi) is 5.88. The molecule has 0 aliphatic carbocycles. The van der Waals surface area contributed by atoms with Crippen LogP contribution >= 0.6 is 12.6 Å². The molecule has 0 N–H and O–H groups in total. The number of unbranched alkanes of at least 4 members (excludes halogenated alkanes) is 1. The molecule has 1 saturated heterocycles. The Morgan fingerprint density at radius 2 is 2.15 bits per heavy atom. The second kappa shape index (κ2) is 6.72. The van der Waals surface area contributed by atoms with Gasteiger partial charge in [0.25, 0.3) is 0 Å². The molecule has 1 heterocycles. The fourth-order valence-corrected chi connectivity index (χ4v) is 2.47. The quantitative estimate of drug-likeness (QED) is 0.529. The number of rotatable bonds is 5. The normalized spacial score (nSPS) is 24.9. The van der Waals surface area contributed by atoms with E-state index in [9.17, 15) is 0 Å². The van der Waals surface area contributed by atoms with Crippen molar-refractivity contribution in [3.05, 3.63) is 0 Å². The van der Waals surface area contributed by atoms with E-state index in [0.717, 1.165) is 11.8 Å². The first-order valence-corrected chi connectivity index (χ1v) is 6.36. The Morgan fingerprint density at radius 3 is 2.85 bits per heavy atom. The predicted molar refractivity (Wildman–Crippen MR) is 62.6 cm³/mol. The van der Waals surface area contributed by atoms with Gasteiger partial charge in [-0.2, -0.15) is 12.6 Å².